The molecule has 0 fully saturated rings. The van der Waals surface area contributed by atoms with E-state index in [1.807, 2.05) is 48.5 Å². The maximum Gasteiger partial charge on any atom is 0.233 e. The van der Waals surface area contributed by atoms with E-state index in [1.54, 1.807) is 12.3 Å². The van der Waals surface area contributed by atoms with Gasteiger partial charge in [0.05, 0.1) is 11.2 Å². The average molecular weight is 361 g/mol. The molecule has 0 aliphatic heterocycles. The van der Waals surface area contributed by atoms with Crippen LogP contribution in [0.4, 0.5) is 11.4 Å². The number of para-hydroxylation sites is 2. The number of pyridine rings is 1. The Morgan fingerprint density at radius 1 is 0.852 bits per heavy atom. The molecule has 138 valence electrons. The van der Waals surface area contributed by atoms with Crippen molar-refractivity contribution in [1.29, 1.82) is 0 Å². The molecule has 5 heteroatoms. The SMILES string of the molecule is CC(C)(C)c1ccccc1NC(=O)CC(=O)Nc1cccc2cccnc12. The summed E-state index contributed by atoms with van der Waals surface area (Å²) in [6, 6.07) is 17.0. The smallest absolute Gasteiger partial charge is 0.233 e. The van der Waals surface area contributed by atoms with Crippen molar-refractivity contribution in [2.45, 2.75) is 32.6 Å². The van der Waals surface area contributed by atoms with Gasteiger partial charge in [-0.15, -0.1) is 0 Å². The first-order chi connectivity index (χ1) is 12.8. The third kappa shape index (κ3) is 4.50. The van der Waals surface area contributed by atoms with Gasteiger partial charge >= 0.3 is 0 Å². The molecule has 0 unspecified atom stereocenters. The zero-order valence-corrected chi connectivity index (χ0v) is 15.7. The Morgan fingerprint density at radius 2 is 1.48 bits per heavy atom. The third-order valence-electron chi connectivity index (χ3n) is 4.24. The Bertz CT molecular complexity index is 985. The molecule has 0 aliphatic carbocycles. The van der Waals surface area contributed by atoms with Crippen LogP contribution in [0.2, 0.25) is 0 Å². The Morgan fingerprint density at radius 3 is 2.22 bits per heavy atom. The minimum atomic E-state index is -0.376. The van der Waals surface area contributed by atoms with Crippen LogP contribution >= 0.6 is 0 Å². The molecule has 2 N–H and O–H groups in total. The Kier molecular flexibility index (Phi) is 5.21. The maximum atomic E-state index is 12.4. The third-order valence-corrected chi connectivity index (χ3v) is 4.24. The van der Waals surface area contributed by atoms with E-state index >= 15 is 0 Å². The number of hydrogen-bond donors (Lipinski definition) is 2. The largest absolute Gasteiger partial charge is 0.325 e. The van der Waals surface area contributed by atoms with Crippen LogP contribution in [-0.2, 0) is 15.0 Å². The summed E-state index contributed by atoms with van der Waals surface area (Å²) in [6.45, 7) is 6.24. The lowest BCUT2D eigenvalue weighted by Gasteiger charge is -2.23. The molecule has 0 atom stereocenters. The highest BCUT2D eigenvalue weighted by atomic mass is 16.2. The van der Waals surface area contributed by atoms with E-state index < -0.39 is 0 Å². The van der Waals surface area contributed by atoms with Crippen LogP contribution < -0.4 is 10.6 Å². The average Bonchev–Trinajstić information content (AvgIpc) is 2.61. The van der Waals surface area contributed by atoms with Crippen LogP contribution in [0.3, 0.4) is 0 Å². The van der Waals surface area contributed by atoms with Crippen molar-refractivity contribution in [3.8, 4) is 0 Å². The van der Waals surface area contributed by atoms with Gasteiger partial charge in [0.25, 0.3) is 0 Å². The lowest BCUT2D eigenvalue weighted by molar-refractivity contribution is -0.123. The lowest BCUT2D eigenvalue weighted by atomic mass is 9.86. The van der Waals surface area contributed by atoms with Gasteiger partial charge < -0.3 is 10.6 Å². The molecular weight excluding hydrogens is 338 g/mol. The number of aromatic nitrogens is 1. The first-order valence-electron chi connectivity index (χ1n) is 8.87. The van der Waals surface area contributed by atoms with Crippen molar-refractivity contribution in [2.75, 3.05) is 10.6 Å². The van der Waals surface area contributed by atoms with E-state index in [9.17, 15) is 9.59 Å². The highest BCUT2D eigenvalue weighted by Gasteiger charge is 2.19. The summed E-state index contributed by atoms with van der Waals surface area (Å²) >= 11 is 0. The molecule has 0 bridgehead atoms. The summed E-state index contributed by atoms with van der Waals surface area (Å²) in [4.78, 5) is 29.0. The number of hydrogen-bond acceptors (Lipinski definition) is 3. The molecule has 1 heterocycles. The number of rotatable bonds is 4. The monoisotopic (exact) mass is 361 g/mol. The number of nitrogens with one attached hydrogen (secondary N) is 2. The van der Waals surface area contributed by atoms with Gasteiger partial charge in [0, 0.05) is 17.3 Å². The minimum absolute atomic E-state index is 0.110. The second-order valence-electron chi connectivity index (χ2n) is 7.45. The summed E-state index contributed by atoms with van der Waals surface area (Å²) in [5.41, 5.74) is 2.94. The number of nitrogens with zero attached hydrogens (tertiary/aromatic N) is 1. The summed E-state index contributed by atoms with van der Waals surface area (Å²) in [5, 5.41) is 6.57. The van der Waals surface area contributed by atoms with Gasteiger partial charge in [-0.3, -0.25) is 14.6 Å². The zero-order valence-electron chi connectivity index (χ0n) is 15.7. The molecule has 0 spiro atoms. The van der Waals surface area contributed by atoms with Crippen molar-refractivity contribution in [3.63, 3.8) is 0 Å². The molecule has 0 radical (unpaired) electrons. The van der Waals surface area contributed by atoms with Gasteiger partial charge in [-0.2, -0.15) is 0 Å². The van der Waals surface area contributed by atoms with E-state index in [0.717, 1.165) is 16.6 Å². The molecule has 0 aliphatic rings. The molecule has 0 saturated heterocycles. The second-order valence-corrected chi connectivity index (χ2v) is 7.45. The minimum Gasteiger partial charge on any atom is -0.325 e. The fraction of sp³-hybridized carbons (Fsp3) is 0.227. The van der Waals surface area contributed by atoms with Gasteiger partial charge in [-0.25, -0.2) is 0 Å². The highest BCUT2D eigenvalue weighted by Crippen LogP contribution is 2.29. The van der Waals surface area contributed by atoms with Crippen molar-refractivity contribution >= 4 is 34.1 Å². The number of anilines is 2. The number of benzene rings is 2. The van der Waals surface area contributed by atoms with Crippen LogP contribution in [0.5, 0.6) is 0 Å². The number of fused-ring (bicyclic) bond motifs is 1. The molecule has 0 saturated carbocycles. The van der Waals surface area contributed by atoms with Crippen molar-refractivity contribution in [2.24, 2.45) is 0 Å². The van der Waals surface area contributed by atoms with E-state index in [0.29, 0.717) is 11.2 Å². The molecular formula is C22H23N3O2. The van der Waals surface area contributed by atoms with Crippen molar-refractivity contribution in [3.05, 3.63) is 66.4 Å². The van der Waals surface area contributed by atoms with Crippen LogP contribution in [-0.4, -0.2) is 16.8 Å². The molecule has 3 aromatic rings. The predicted molar refractivity (Wildman–Crippen MR) is 109 cm³/mol. The first kappa shape index (κ1) is 18.6. The maximum absolute atomic E-state index is 12.4. The first-order valence-corrected chi connectivity index (χ1v) is 8.87. The molecule has 1 aromatic heterocycles. The topological polar surface area (TPSA) is 71.1 Å². The van der Waals surface area contributed by atoms with Crippen LogP contribution in [0, 0.1) is 0 Å². The van der Waals surface area contributed by atoms with Crippen LogP contribution in [0.15, 0.2) is 60.8 Å². The highest BCUT2D eigenvalue weighted by molar-refractivity contribution is 6.10. The van der Waals surface area contributed by atoms with Crippen molar-refractivity contribution in [1.82, 2.24) is 4.98 Å². The van der Waals surface area contributed by atoms with Gasteiger partial charge in [0.2, 0.25) is 11.8 Å². The Hall–Kier alpha value is -3.21. The predicted octanol–water partition coefficient (Wildman–Crippen LogP) is 4.50. The zero-order chi connectivity index (χ0) is 19.4. The van der Waals surface area contributed by atoms with E-state index in [1.165, 1.54) is 0 Å². The molecule has 2 aromatic carbocycles. The van der Waals surface area contributed by atoms with Crippen LogP contribution in [0.25, 0.3) is 10.9 Å². The van der Waals surface area contributed by atoms with E-state index in [2.05, 4.69) is 36.4 Å². The molecule has 3 rings (SSSR count). The second kappa shape index (κ2) is 7.58. The fourth-order valence-electron chi connectivity index (χ4n) is 2.99. The normalized spacial score (nSPS) is 11.2. The summed E-state index contributed by atoms with van der Waals surface area (Å²) in [7, 11) is 0. The summed E-state index contributed by atoms with van der Waals surface area (Å²) < 4.78 is 0. The van der Waals surface area contributed by atoms with Gasteiger partial charge in [-0.05, 0) is 29.2 Å². The number of carbonyl (C=O) groups excluding carboxylic acids is 2. The number of amides is 2. The van der Waals surface area contributed by atoms with Gasteiger partial charge in [0.15, 0.2) is 0 Å². The Balaban J connectivity index is 1.69. The Labute approximate surface area is 158 Å². The van der Waals surface area contributed by atoms with E-state index in [4.69, 9.17) is 0 Å². The van der Waals surface area contributed by atoms with Gasteiger partial charge in [0.1, 0.15) is 6.42 Å². The fourth-order valence-corrected chi connectivity index (χ4v) is 2.99. The summed E-state index contributed by atoms with van der Waals surface area (Å²) in [6.07, 6.45) is 1.41. The van der Waals surface area contributed by atoms with E-state index in [-0.39, 0.29) is 23.7 Å². The quantitative estimate of drug-likeness (QED) is 0.672. The summed E-state index contributed by atoms with van der Waals surface area (Å²) in [5.74, 6) is -0.726. The molecule has 5 nitrogen and oxygen atoms in total. The molecule has 27 heavy (non-hydrogen) atoms. The standard InChI is InChI=1S/C22H23N3O2/c1-22(2,3)16-10-4-5-11-17(16)24-19(26)14-20(27)25-18-12-6-8-15-9-7-13-23-21(15)18/h4-13H,14H2,1-3H3,(H,24,26)(H,25,27). The lowest BCUT2D eigenvalue weighted by Crippen LogP contribution is -2.23. The number of carbonyl (C=O) groups is 2. The van der Waals surface area contributed by atoms with Crippen molar-refractivity contribution < 1.29 is 9.59 Å². The van der Waals surface area contributed by atoms with Gasteiger partial charge in [-0.1, -0.05) is 57.2 Å². The molecule has 2 amide bonds. The van der Waals surface area contributed by atoms with Crippen LogP contribution in [0.1, 0.15) is 32.8 Å².